The quantitative estimate of drug-likeness (QED) is 0.890. The third-order valence-corrected chi connectivity index (χ3v) is 3.65. The number of carbonyl (C=O) groups is 1. The fourth-order valence-electron chi connectivity index (χ4n) is 2.51. The van der Waals surface area contributed by atoms with E-state index in [4.69, 9.17) is 4.74 Å². The van der Waals surface area contributed by atoms with Crippen LogP contribution in [0.2, 0.25) is 0 Å². The van der Waals surface area contributed by atoms with Gasteiger partial charge in [0, 0.05) is 24.9 Å². The summed E-state index contributed by atoms with van der Waals surface area (Å²) in [5.41, 5.74) is 0.981. The van der Waals surface area contributed by atoms with Gasteiger partial charge in [0.15, 0.2) is 0 Å². The third kappa shape index (κ3) is 3.47. The maximum Gasteiger partial charge on any atom is 0.410 e. The molecule has 4 nitrogen and oxygen atoms in total. The van der Waals surface area contributed by atoms with Crippen molar-refractivity contribution < 1.29 is 14.6 Å². The number of hydrogen-bond acceptors (Lipinski definition) is 3. The molecule has 0 radical (unpaired) electrons. The first-order valence-electron chi connectivity index (χ1n) is 6.71. The molecule has 1 heterocycles. The molecule has 1 aromatic rings. The molecule has 0 spiro atoms. The summed E-state index contributed by atoms with van der Waals surface area (Å²) in [6, 6.07) is 9.63. The van der Waals surface area contributed by atoms with Crippen LogP contribution in [0.25, 0.3) is 0 Å². The molecule has 4 heteroatoms. The summed E-state index contributed by atoms with van der Waals surface area (Å²) in [6.07, 6.45) is -0.632. The highest BCUT2D eigenvalue weighted by Gasteiger charge is 2.33. The second kappa shape index (κ2) is 6.06. The van der Waals surface area contributed by atoms with Gasteiger partial charge in [0.2, 0.25) is 0 Å². The van der Waals surface area contributed by atoms with Gasteiger partial charge in [0.25, 0.3) is 0 Å². The van der Waals surface area contributed by atoms with E-state index in [2.05, 4.69) is 0 Å². The molecule has 2 rings (SSSR count). The zero-order valence-electron chi connectivity index (χ0n) is 11.5. The number of amides is 1. The van der Waals surface area contributed by atoms with Crippen LogP contribution >= 0.6 is 0 Å². The molecule has 1 aliphatic heterocycles. The molecule has 19 heavy (non-hydrogen) atoms. The van der Waals surface area contributed by atoms with Crippen LogP contribution in [0.5, 0.6) is 0 Å². The first-order valence-corrected chi connectivity index (χ1v) is 6.71. The smallest absolute Gasteiger partial charge is 0.410 e. The molecule has 1 aliphatic rings. The van der Waals surface area contributed by atoms with Crippen molar-refractivity contribution in [1.29, 1.82) is 0 Å². The number of aliphatic hydroxyl groups excluding tert-OH is 1. The number of nitrogens with zero attached hydrogens (tertiary/aromatic N) is 1. The minimum absolute atomic E-state index is 0.0908. The first-order chi connectivity index (χ1) is 9.08. The maximum atomic E-state index is 12.0. The van der Waals surface area contributed by atoms with Crippen molar-refractivity contribution in [1.82, 2.24) is 4.90 Å². The van der Waals surface area contributed by atoms with E-state index in [1.807, 2.05) is 44.2 Å². The highest BCUT2D eigenvalue weighted by Crippen LogP contribution is 2.22. The van der Waals surface area contributed by atoms with Crippen molar-refractivity contribution in [3.63, 3.8) is 0 Å². The van der Waals surface area contributed by atoms with Gasteiger partial charge in [-0.15, -0.1) is 0 Å². The van der Waals surface area contributed by atoms with Crippen molar-refractivity contribution in [3.05, 3.63) is 35.9 Å². The first kappa shape index (κ1) is 13.9. The van der Waals surface area contributed by atoms with Crippen LogP contribution in [0, 0.1) is 11.8 Å². The molecule has 0 saturated carbocycles. The zero-order chi connectivity index (χ0) is 13.8. The lowest BCUT2D eigenvalue weighted by molar-refractivity contribution is -0.00987. The standard InChI is InChI=1S/C15H21NO3/c1-11-8-16(9-12(2)14(11)17)15(18)19-10-13-6-4-3-5-7-13/h3-7,11-12,14,17H,8-10H2,1-2H3/t11-,12+,14+. The van der Waals surface area contributed by atoms with Crippen LogP contribution in [0.1, 0.15) is 19.4 Å². The van der Waals surface area contributed by atoms with E-state index in [0.29, 0.717) is 19.7 Å². The van der Waals surface area contributed by atoms with Gasteiger partial charge in [-0.2, -0.15) is 0 Å². The van der Waals surface area contributed by atoms with E-state index in [1.165, 1.54) is 0 Å². The fraction of sp³-hybridized carbons (Fsp3) is 0.533. The molecular formula is C15H21NO3. The van der Waals surface area contributed by atoms with Crippen molar-refractivity contribution in [2.75, 3.05) is 13.1 Å². The van der Waals surface area contributed by atoms with Gasteiger partial charge in [0.05, 0.1) is 6.10 Å². The Kier molecular flexibility index (Phi) is 4.43. The van der Waals surface area contributed by atoms with Crippen LogP contribution in [0.15, 0.2) is 30.3 Å². The molecule has 0 aromatic heterocycles. The van der Waals surface area contributed by atoms with Crippen molar-refractivity contribution in [2.24, 2.45) is 11.8 Å². The third-order valence-electron chi connectivity index (χ3n) is 3.65. The van der Waals surface area contributed by atoms with Crippen molar-refractivity contribution in [3.8, 4) is 0 Å². The molecule has 0 bridgehead atoms. The Labute approximate surface area is 114 Å². The van der Waals surface area contributed by atoms with Gasteiger partial charge >= 0.3 is 6.09 Å². The summed E-state index contributed by atoms with van der Waals surface area (Å²) < 4.78 is 5.30. The van der Waals surface area contributed by atoms with E-state index in [9.17, 15) is 9.90 Å². The number of rotatable bonds is 2. The van der Waals surface area contributed by atoms with Crippen LogP contribution in [0.3, 0.4) is 0 Å². The number of carbonyl (C=O) groups excluding carboxylic acids is 1. The van der Waals surface area contributed by atoms with Gasteiger partial charge in [-0.3, -0.25) is 0 Å². The molecule has 0 aliphatic carbocycles. The van der Waals surface area contributed by atoms with Gasteiger partial charge in [-0.05, 0) is 5.56 Å². The molecule has 1 saturated heterocycles. The second-order valence-electron chi connectivity index (χ2n) is 5.39. The molecular weight excluding hydrogens is 242 g/mol. The average Bonchev–Trinajstić information content (AvgIpc) is 2.42. The van der Waals surface area contributed by atoms with E-state index < -0.39 is 0 Å². The Hall–Kier alpha value is -1.55. The summed E-state index contributed by atoms with van der Waals surface area (Å²) in [5.74, 6) is 0.182. The highest BCUT2D eigenvalue weighted by atomic mass is 16.6. The fourth-order valence-corrected chi connectivity index (χ4v) is 2.51. The number of benzene rings is 1. The Balaban J connectivity index is 1.87. The lowest BCUT2D eigenvalue weighted by Crippen LogP contribution is -2.49. The Morgan fingerprint density at radius 3 is 2.42 bits per heavy atom. The maximum absolute atomic E-state index is 12.0. The molecule has 0 unspecified atom stereocenters. The van der Waals surface area contributed by atoms with Crippen molar-refractivity contribution in [2.45, 2.75) is 26.6 Å². The van der Waals surface area contributed by atoms with E-state index >= 15 is 0 Å². The Morgan fingerprint density at radius 1 is 1.26 bits per heavy atom. The van der Waals surface area contributed by atoms with E-state index in [0.717, 1.165) is 5.56 Å². The summed E-state index contributed by atoms with van der Waals surface area (Å²) in [6.45, 7) is 5.31. The van der Waals surface area contributed by atoms with Crippen LogP contribution in [-0.2, 0) is 11.3 Å². The zero-order valence-corrected chi connectivity index (χ0v) is 11.5. The second-order valence-corrected chi connectivity index (χ2v) is 5.39. The summed E-state index contributed by atoms with van der Waals surface area (Å²) >= 11 is 0. The summed E-state index contributed by atoms with van der Waals surface area (Å²) in [7, 11) is 0. The summed E-state index contributed by atoms with van der Waals surface area (Å²) in [4.78, 5) is 13.7. The minimum Gasteiger partial charge on any atom is -0.445 e. The topological polar surface area (TPSA) is 49.8 Å². The molecule has 3 atom stereocenters. The largest absolute Gasteiger partial charge is 0.445 e. The predicted molar refractivity (Wildman–Crippen MR) is 72.5 cm³/mol. The monoisotopic (exact) mass is 263 g/mol. The number of hydrogen-bond donors (Lipinski definition) is 1. The number of aliphatic hydroxyl groups is 1. The number of ether oxygens (including phenoxy) is 1. The highest BCUT2D eigenvalue weighted by molar-refractivity contribution is 5.67. The van der Waals surface area contributed by atoms with Gasteiger partial charge < -0.3 is 14.7 Å². The minimum atomic E-state index is -0.335. The average molecular weight is 263 g/mol. The molecule has 1 aromatic carbocycles. The van der Waals surface area contributed by atoms with Crippen LogP contribution in [-0.4, -0.2) is 35.3 Å². The molecule has 1 fully saturated rings. The van der Waals surface area contributed by atoms with Gasteiger partial charge in [0.1, 0.15) is 6.61 Å². The van der Waals surface area contributed by atoms with Crippen molar-refractivity contribution >= 4 is 6.09 Å². The molecule has 1 N–H and O–H groups in total. The van der Waals surface area contributed by atoms with Crippen LogP contribution < -0.4 is 0 Å². The lowest BCUT2D eigenvalue weighted by atomic mass is 9.89. The Morgan fingerprint density at radius 2 is 1.84 bits per heavy atom. The predicted octanol–water partition coefficient (Wildman–Crippen LogP) is 2.27. The van der Waals surface area contributed by atoms with E-state index in [1.54, 1.807) is 4.90 Å². The Bertz CT molecular complexity index is 409. The van der Waals surface area contributed by atoms with E-state index in [-0.39, 0.29) is 24.0 Å². The lowest BCUT2D eigenvalue weighted by Gasteiger charge is -2.38. The van der Waals surface area contributed by atoms with Gasteiger partial charge in [-0.1, -0.05) is 44.2 Å². The molecule has 1 amide bonds. The summed E-state index contributed by atoms with van der Waals surface area (Å²) in [5, 5.41) is 9.87. The van der Waals surface area contributed by atoms with Gasteiger partial charge in [-0.25, -0.2) is 4.79 Å². The normalized spacial score (nSPS) is 27.1. The number of piperidine rings is 1. The number of likely N-dealkylation sites (tertiary alicyclic amines) is 1. The SMILES string of the molecule is C[C@@H]1CN(C(=O)OCc2ccccc2)C[C@H](C)[C@H]1O. The molecule has 104 valence electrons. The van der Waals surface area contributed by atoms with Crippen LogP contribution in [0.4, 0.5) is 4.79 Å².